The Morgan fingerprint density at radius 1 is 1.33 bits per heavy atom. The fourth-order valence-corrected chi connectivity index (χ4v) is 2.01. The molecule has 2 N–H and O–H groups in total. The number of nitrogens with zero attached hydrogens (tertiary/aromatic N) is 2. The minimum atomic E-state index is -0.233. The van der Waals surface area contributed by atoms with Gasteiger partial charge in [-0.3, -0.25) is 9.48 Å². The Morgan fingerprint density at radius 2 is 2.05 bits per heavy atom. The third-order valence-electron chi connectivity index (χ3n) is 3.33. The normalized spacial score (nSPS) is 12.1. The zero-order valence-corrected chi connectivity index (χ0v) is 12.8. The maximum atomic E-state index is 12.1. The van der Waals surface area contributed by atoms with Gasteiger partial charge in [-0.2, -0.15) is 5.10 Å². The lowest BCUT2D eigenvalue weighted by Gasteiger charge is -2.14. The van der Waals surface area contributed by atoms with Crippen molar-refractivity contribution >= 4 is 11.6 Å². The van der Waals surface area contributed by atoms with Gasteiger partial charge in [0.15, 0.2) is 0 Å². The maximum absolute atomic E-state index is 12.1. The van der Waals surface area contributed by atoms with Gasteiger partial charge in [-0.25, -0.2) is 0 Å². The molecule has 5 heteroatoms. The summed E-state index contributed by atoms with van der Waals surface area (Å²) in [7, 11) is 1.90. The maximum Gasteiger partial charge on any atom is 0.241 e. The lowest BCUT2D eigenvalue weighted by atomic mass is 10.2. The zero-order chi connectivity index (χ0) is 15.2. The van der Waals surface area contributed by atoms with Gasteiger partial charge in [0.2, 0.25) is 5.91 Å². The van der Waals surface area contributed by atoms with E-state index in [0.29, 0.717) is 0 Å². The molecule has 0 aliphatic carbocycles. The number of aromatic nitrogens is 2. The molecular formula is C16H22N4O. The van der Waals surface area contributed by atoms with Crippen LogP contribution in [-0.4, -0.2) is 28.3 Å². The topological polar surface area (TPSA) is 59.0 Å². The van der Waals surface area contributed by atoms with Crippen LogP contribution in [0.3, 0.4) is 0 Å². The largest absolute Gasteiger partial charge is 0.325 e. The third kappa shape index (κ3) is 4.72. The van der Waals surface area contributed by atoms with Crippen LogP contribution in [0.25, 0.3) is 0 Å². The van der Waals surface area contributed by atoms with Crippen molar-refractivity contribution in [2.75, 3.05) is 11.9 Å². The summed E-state index contributed by atoms with van der Waals surface area (Å²) < 4.78 is 1.78. The highest BCUT2D eigenvalue weighted by Gasteiger charge is 2.12. The number of carbonyl (C=O) groups excluding carboxylic acids is 1. The van der Waals surface area contributed by atoms with Crippen molar-refractivity contribution in [3.05, 3.63) is 47.8 Å². The lowest BCUT2D eigenvalue weighted by Crippen LogP contribution is -2.39. The summed E-state index contributed by atoms with van der Waals surface area (Å²) in [6.07, 6.45) is 4.69. The molecule has 0 aliphatic rings. The number of anilines is 1. The van der Waals surface area contributed by atoms with E-state index in [1.165, 1.54) is 5.56 Å². The molecule has 1 unspecified atom stereocenters. The second-order valence-electron chi connectivity index (χ2n) is 5.30. The average molecular weight is 286 g/mol. The van der Waals surface area contributed by atoms with Crippen LogP contribution in [0.15, 0.2) is 36.7 Å². The lowest BCUT2D eigenvalue weighted by molar-refractivity contribution is -0.117. The molecule has 0 radical (unpaired) electrons. The Hall–Kier alpha value is -2.14. The minimum Gasteiger partial charge on any atom is -0.325 e. The summed E-state index contributed by atoms with van der Waals surface area (Å²) in [5.41, 5.74) is 3.17. The van der Waals surface area contributed by atoms with Crippen LogP contribution in [-0.2, 0) is 18.3 Å². The molecule has 1 aromatic heterocycles. The standard InChI is InChI=1S/C16H22N4O/c1-12-4-6-15(7-5-12)19-16(21)13(2)17-9-8-14-10-18-20(3)11-14/h4-7,10-11,13,17H,8-9H2,1-3H3,(H,19,21). The van der Waals surface area contributed by atoms with Gasteiger partial charge in [-0.1, -0.05) is 17.7 Å². The van der Waals surface area contributed by atoms with Gasteiger partial charge in [-0.05, 0) is 38.0 Å². The van der Waals surface area contributed by atoms with Crippen LogP contribution in [0.2, 0.25) is 0 Å². The van der Waals surface area contributed by atoms with E-state index in [9.17, 15) is 4.79 Å². The van der Waals surface area contributed by atoms with Crippen molar-refractivity contribution in [3.8, 4) is 0 Å². The summed E-state index contributed by atoms with van der Waals surface area (Å²) in [5.74, 6) is -0.0231. The van der Waals surface area contributed by atoms with Crippen LogP contribution in [0, 0.1) is 6.92 Å². The Morgan fingerprint density at radius 3 is 2.67 bits per heavy atom. The summed E-state index contributed by atoms with van der Waals surface area (Å²) in [6.45, 7) is 4.63. The van der Waals surface area contributed by atoms with Gasteiger partial charge in [0.25, 0.3) is 0 Å². The van der Waals surface area contributed by atoms with Gasteiger partial charge in [0.1, 0.15) is 0 Å². The smallest absolute Gasteiger partial charge is 0.241 e. The number of nitrogens with one attached hydrogen (secondary N) is 2. The van der Waals surface area contributed by atoms with Gasteiger partial charge in [0.05, 0.1) is 12.2 Å². The minimum absolute atomic E-state index is 0.0231. The number of hydrogen-bond donors (Lipinski definition) is 2. The monoisotopic (exact) mass is 286 g/mol. The Bertz CT molecular complexity index is 589. The summed E-state index contributed by atoms with van der Waals surface area (Å²) >= 11 is 0. The van der Waals surface area contributed by atoms with Crippen LogP contribution >= 0.6 is 0 Å². The van der Waals surface area contributed by atoms with Gasteiger partial charge < -0.3 is 10.6 Å². The van der Waals surface area contributed by atoms with E-state index in [1.807, 2.05) is 57.6 Å². The average Bonchev–Trinajstić information content (AvgIpc) is 2.87. The first kappa shape index (κ1) is 15.3. The number of carbonyl (C=O) groups is 1. The van der Waals surface area contributed by atoms with Crippen molar-refractivity contribution in [3.63, 3.8) is 0 Å². The Kier molecular flexibility index (Phi) is 5.11. The van der Waals surface area contributed by atoms with E-state index in [-0.39, 0.29) is 11.9 Å². The van der Waals surface area contributed by atoms with E-state index < -0.39 is 0 Å². The highest BCUT2D eigenvalue weighted by atomic mass is 16.2. The molecule has 0 saturated heterocycles. The number of hydrogen-bond acceptors (Lipinski definition) is 3. The number of aryl methyl sites for hydroxylation is 2. The second-order valence-corrected chi connectivity index (χ2v) is 5.30. The molecule has 0 fully saturated rings. The molecule has 1 atom stereocenters. The van der Waals surface area contributed by atoms with Crippen LogP contribution in [0.5, 0.6) is 0 Å². The molecule has 2 rings (SSSR count). The molecule has 5 nitrogen and oxygen atoms in total. The first-order chi connectivity index (χ1) is 10.0. The van der Waals surface area contributed by atoms with Crippen LogP contribution < -0.4 is 10.6 Å². The molecule has 1 amide bonds. The van der Waals surface area contributed by atoms with E-state index in [4.69, 9.17) is 0 Å². The van der Waals surface area contributed by atoms with E-state index in [0.717, 1.165) is 24.2 Å². The van der Waals surface area contributed by atoms with Crippen molar-refractivity contribution in [1.82, 2.24) is 15.1 Å². The predicted octanol–water partition coefficient (Wildman–Crippen LogP) is 1.89. The molecule has 0 saturated carbocycles. The molecule has 21 heavy (non-hydrogen) atoms. The van der Waals surface area contributed by atoms with Crippen molar-refractivity contribution < 1.29 is 4.79 Å². The first-order valence-electron chi connectivity index (χ1n) is 7.13. The van der Waals surface area contributed by atoms with Crippen LogP contribution in [0.4, 0.5) is 5.69 Å². The molecule has 0 spiro atoms. The summed E-state index contributed by atoms with van der Waals surface area (Å²) in [4.78, 5) is 12.1. The van der Waals surface area contributed by atoms with Gasteiger partial charge in [0, 0.05) is 25.5 Å². The first-order valence-corrected chi connectivity index (χ1v) is 7.13. The van der Waals surface area contributed by atoms with E-state index in [2.05, 4.69) is 15.7 Å². The zero-order valence-electron chi connectivity index (χ0n) is 12.8. The highest BCUT2D eigenvalue weighted by Crippen LogP contribution is 2.08. The number of amides is 1. The molecule has 0 bridgehead atoms. The fourth-order valence-electron chi connectivity index (χ4n) is 2.01. The van der Waals surface area contributed by atoms with Crippen molar-refractivity contribution in [1.29, 1.82) is 0 Å². The second kappa shape index (κ2) is 7.04. The van der Waals surface area contributed by atoms with Crippen LogP contribution in [0.1, 0.15) is 18.1 Å². The Labute approximate surface area is 125 Å². The molecule has 1 heterocycles. The number of benzene rings is 1. The fraction of sp³-hybridized carbons (Fsp3) is 0.375. The molecule has 112 valence electrons. The molecule has 2 aromatic rings. The number of rotatable bonds is 6. The molecule has 0 aliphatic heterocycles. The van der Waals surface area contributed by atoms with E-state index in [1.54, 1.807) is 4.68 Å². The Balaban J connectivity index is 1.75. The van der Waals surface area contributed by atoms with Gasteiger partial charge >= 0.3 is 0 Å². The SMILES string of the molecule is Cc1ccc(NC(=O)C(C)NCCc2cnn(C)c2)cc1. The third-order valence-corrected chi connectivity index (χ3v) is 3.33. The summed E-state index contributed by atoms with van der Waals surface area (Å²) in [6, 6.07) is 7.56. The van der Waals surface area contributed by atoms with E-state index >= 15 is 0 Å². The quantitative estimate of drug-likeness (QED) is 0.852. The van der Waals surface area contributed by atoms with Gasteiger partial charge in [-0.15, -0.1) is 0 Å². The highest BCUT2D eigenvalue weighted by molar-refractivity contribution is 5.94. The molecular weight excluding hydrogens is 264 g/mol. The molecule has 1 aromatic carbocycles. The predicted molar refractivity (Wildman–Crippen MR) is 84.2 cm³/mol. The van der Waals surface area contributed by atoms with Crippen molar-refractivity contribution in [2.24, 2.45) is 7.05 Å². The van der Waals surface area contributed by atoms with Crippen molar-refractivity contribution in [2.45, 2.75) is 26.3 Å². The summed E-state index contributed by atoms with van der Waals surface area (Å²) in [5, 5.41) is 10.2.